The number of rotatable bonds is 5. The largest absolute Gasteiger partial charge is 0.497 e. The van der Waals surface area contributed by atoms with Gasteiger partial charge in [0.15, 0.2) is 6.04 Å². The Hall–Kier alpha value is -3.33. The van der Waals surface area contributed by atoms with Crippen molar-refractivity contribution in [3.05, 3.63) is 51.8 Å². The van der Waals surface area contributed by atoms with E-state index in [-0.39, 0.29) is 11.6 Å². The van der Waals surface area contributed by atoms with E-state index in [1.165, 1.54) is 12.0 Å². The number of H-pyrrole nitrogens is 1. The zero-order valence-corrected chi connectivity index (χ0v) is 17.6. The molecule has 1 unspecified atom stereocenters. The molecule has 0 bridgehead atoms. The van der Waals surface area contributed by atoms with Crippen molar-refractivity contribution in [2.45, 2.75) is 12.5 Å². The van der Waals surface area contributed by atoms with Gasteiger partial charge in [0.25, 0.3) is 5.91 Å². The van der Waals surface area contributed by atoms with Crippen LogP contribution >= 0.6 is 11.3 Å². The predicted molar refractivity (Wildman–Crippen MR) is 111 cm³/mol. The van der Waals surface area contributed by atoms with Crippen LogP contribution in [-0.2, 0) is 16.0 Å². The molecule has 0 spiro atoms. The van der Waals surface area contributed by atoms with E-state index in [9.17, 15) is 9.59 Å². The summed E-state index contributed by atoms with van der Waals surface area (Å²) in [5, 5.41) is 9.02. The zero-order valence-electron chi connectivity index (χ0n) is 16.8. The molecule has 2 aromatic heterocycles. The van der Waals surface area contributed by atoms with Crippen LogP contribution in [0.5, 0.6) is 11.5 Å². The number of nitrogens with zero attached hydrogens (tertiary/aromatic N) is 2. The molecule has 0 fully saturated rings. The second kappa shape index (κ2) is 8.19. The number of fused-ring (bicyclic) bond motifs is 1. The fraction of sp³-hybridized carbons (Fsp3) is 0.286. The van der Waals surface area contributed by atoms with E-state index < -0.39 is 12.0 Å². The minimum absolute atomic E-state index is 0.280. The number of thiophene rings is 1. The second-order valence-corrected chi connectivity index (χ2v) is 7.71. The number of esters is 1. The first-order chi connectivity index (χ1) is 14.6. The van der Waals surface area contributed by atoms with E-state index in [0.29, 0.717) is 35.7 Å². The Kier molecular flexibility index (Phi) is 5.45. The number of aromatic amines is 1. The lowest BCUT2D eigenvalue weighted by molar-refractivity contribution is -0.146. The topological polar surface area (TPSA) is 93.8 Å². The van der Waals surface area contributed by atoms with E-state index in [1.807, 2.05) is 11.4 Å². The second-order valence-electron chi connectivity index (χ2n) is 6.71. The minimum Gasteiger partial charge on any atom is -0.497 e. The van der Waals surface area contributed by atoms with Gasteiger partial charge in [0.2, 0.25) is 0 Å². The van der Waals surface area contributed by atoms with Gasteiger partial charge in [0.05, 0.1) is 27.0 Å². The predicted octanol–water partition coefficient (Wildman–Crippen LogP) is 3.07. The van der Waals surface area contributed by atoms with Crippen LogP contribution in [0.1, 0.15) is 27.0 Å². The van der Waals surface area contributed by atoms with Crippen LogP contribution < -0.4 is 9.47 Å². The van der Waals surface area contributed by atoms with Gasteiger partial charge in [0.1, 0.15) is 17.2 Å². The number of hydrogen-bond acceptors (Lipinski definition) is 7. The van der Waals surface area contributed by atoms with Crippen LogP contribution in [0.4, 0.5) is 0 Å². The van der Waals surface area contributed by atoms with E-state index in [2.05, 4.69) is 10.2 Å². The third kappa shape index (κ3) is 3.41. The van der Waals surface area contributed by atoms with Gasteiger partial charge in [-0.25, -0.2) is 4.79 Å². The molecule has 1 N–H and O–H groups in total. The lowest BCUT2D eigenvalue weighted by atomic mass is 9.99. The van der Waals surface area contributed by atoms with Crippen molar-refractivity contribution < 1.29 is 23.8 Å². The summed E-state index contributed by atoms with van der Waals surface area (Å²) >= 11 is 1.58. The zero-order chi connectivity index (χ0) is 21.3. The summed E-state index contributed by atoms with van der Waals surface area (Å²) in [5.74, 6) is 0.475. The number of amides is 1. The van der Waals surface area contributed by atoms with Crippen LogP contribution in [0.2, 0.25) is 0 Å². The maximum atomic E-state index is 13.3. The molecule has 1 amide bonds. The van der Waals surface area contributed by atoms with Crippen LogP contribution in [0.25, 0.3) is 11.3 Å². The Morgan fingerprint density at radius 3 is 2.73 bits per heavy atom. The fourth-order valence-corrected chi connectivity index (χ4v) is 4.54. The molecule has 1 atom stereocenters. The average Bonchev–Trinajstić information content (AvgIpc) is 3.46. The van der Waals surface area contributed by atoms with Crippen molar-refractivity contribution in [2.24, 2.45) is 0 Å². The highest BCUT2D eigenvalue weighted by atomic mass is 32.1. The highest BCUT2D eigenvalue weighted by Gasteiger charge is 2.38. The standard InChI is InChI=1S/C21H21N3O5S/c1-27-12-4-5-17(28-2)14(10-12)15-11-16(23-22-15)20(25)24-8-6-18-13(7-9-30-18)19(24)21(26)29-3/h4-5,7,9-11,19H,6,8H2,1-3H3,(H,22,23). The van der Waals surface area contributed by atoms with Crippen molar-refractivity contribution in [3.8, 4) is 22.8 Å². The lowest BCUT2D eigenvalue weighted by Crippen LogP contribution is -2.43. The molecule has 30 heavy (non-hydrogen) atoms. The van der Waals surface area contributed by atoms with E-state index in [0.717, 1.165) is 10.4 Å². The molecule has 0 radical (unpaired) electrons. The number of benzene rings is 1. The molecule has 0 saturated heterocycles. The first-order valence-electron chi connectivity index (χ1n) is 9.30. The van der Waals surface area contributed by atoms with Gasteiger partial charge in [-0.15, -0.1) is 11.3 Å². The molecule has 1 aliphatic rings. The highest BCUT2D eigenvalue weighted by Crippen LogP contribution is 2.36. The van der Waals surface area contributed by atoms with Crippen molar-refractivity contribution in [1.29, 1.82) is 0 Å². The molecule has 0 aliphatic carbocycles. The summed E-state index contributed by atoms with van der Waals surface area (Å²) in [6.07, 6.45) is 0.691. The maximum absolute atomic E-state index is 13.3. The van der Waals surface area contributed by atoms with E-state index in [1.54, 1.807) is 49.8 Å². The minimum atomic E-state index is -0.768. The van der Waals surface area contributed by atoms with Gasteiger partial charge in [-0.1, -0.05) is 0 Å². The molecular weight excluding hydrogens is 406 g/mol. The number of aromatic nitrogens is 2. The molecular formula is C21H21N3O5S. The van der Waals surface area contributed by atoms with Crippen LogP contribution in [0.15, 0.2) is 35.7 Å². The van der Waals surface area contributed by atoms with Gasteiger partial charge < -0.3 is 19.1 Å². The Labute approximate surface area is 177 Å². The van der Waals surface area contributed by atoms with E-state index in [4.69, 9.17) is 14.2 Å². The smallest absolute Gasteiger partial charge is 0.333 e. The van der Waals surface area contributed by atoms with Crippen LogP contribution in [-0.4, -0.2) is 54.8 Å². The van der Waals surface area contributed by atoms with Gasteiger partial charge in [-0.3, -0.25) is 9.89 Å². The monoisotopic (exact) mass is 427 g/mol. The van der Waals surface area contributed by atoms with Gasteiger partial charge in [-0.2, -0.15) is 5.10 Å². The number of methoxy groups -OCH3 is 3. The molecule has 1 aromatic carbocycles. The summed E-state index contributed by atoms with van der Waals surface area (Å²) in [4.78, 5) is 28.4. The molecule has 8 nitrogen and oxygen atoms in total. The Bertz CT molecular complexity index is 1090. The SMILES string of the molecule is COC(=O)C1c2ccsc2CCN1C(=O)c1cc(-c2cc(OC)ccc2OC)n[nH]1. The van der Waals surface area contributed by atoms with Crippen molar-refractivity contribution >= 4 is 23.2 Å². The molecule has 3 aromatic rings. The normalized spacial score (nSPS) is 15.4. The number of carbonyl (C=O) groups is 2. The van der Waals surface area contributed by atoms with Gasteiger partial charge in [-0.05, 0) is 47.7 Å². The van der Waals surface area contributed by atoms with Crippen LogP contribution in [0, 0.1) is 0 Å². The number of hydrogen-bond donors (Lipinski definition) is 1. The molecule has 9 heteroatoms. The van der Waals surface area contributed by atoms with Crippen molar-refractivity contribution in [3.63, 3.8) is 0 Å². The Morgan fingerprint density at radius 2 is 2.00 bits per heavy atom. The molecule has 4 rings (SSSR count). The third-order valence-corrected chi connectivity index (χ3v) is 6.14. The third-order valence-electron chi connectivity index (χ3n) is 5.14. The van der Waals surface area contributed by atoms with Gasteiger partial charge in [0, 0.05) is 17.0 Å². The van der Waals surface area contributed by atoms with E-state index >= 15 is 0 Å². The molecule has 0 saturated carbocycles. The lowest BCUT2D eigenvalue weighted by Gasteiger charge is -2.33. The average molecular weight is 427 g/mol. The quantitative estimate of drug-likeness (QED) is 0.629. The summed E-state index contributed by atoms with van der Waals surface area (Å²) in [7, 11) is 4.47. The highest BCUT2D eigenvalue weighted by molar-refractivity contribution is 7.10. The van der Waals surface area contributed by atoms with Gasteiger partial charge >= 0.3 is 5.97 Å². The van der Waals surface area contributed by atoms with Crippen molar-refractivity contribution in [2.75, 3.05) is 27.9 Å². The van der Waals surface area contributed by atoms with Crippen LogP contribution in [0.3, 0.4) is 0 Å². The molecule has 156 valence electrons. The summed E-state index contributed by atoms with van der Waals surface area (Å²) in [6.45, 7) is 0.420. The fourth-order valence-electron chi connectivity index (χ4n) is 3.64. The summed E-state index contributed by atoms with van der Waals surface area (Å²) in [6, 6.07) is 8.11. The molecule has 1 aliphatic heterocycles. The Morgan fingerprint density at radius 1 is 1.17 bits per heavy atom. The molecule has 3 heterocycles. The summed E-state index contributed by atoms with van der Waals surface area (Å²) < 4.78 is 15.7. The summed E-state index contributed by atoms with van der Waals surface area (Å²) in [5.41, 5.74) is 2.33. The first-order valence-corrected chi connectivity index (χ1v) is 10.2. The number of carbonyl (C=O) groups excluding carboxylic acids is 2. The maximum Gasteiger partial charge on any atom is 0.333 e. The number of ether oxygens (including phenoxy) is 3. The first kappa shape index (κ1) is 20.0. The Balaban J connectivity index is 1.67. The number of nitrogens with one attached hydrogen (secondary N) is 1. The van der Waals surface area contributed by atoms with Crippen molar-refractivity contribution in [1.82, 2.24) is 15.1 Å².